The summed E-state index contributed by atoms with van der Waals surface area (Å²) < 4.78 is 16.9. The van der Waals surface area contributed by atoms with Gasteiger partial charge in [0.1, 0.15) is 0 Å². The van der Waals surface area contributed by atoms with Crippen molar-refractivity contribution in [3.63, 3.8) is 0 Å². The van der Waals surface area contributed by atoms with E-state index in [1.165, 1.54) is 0 Å². The van der Waals surface area contributed by atoms with Crippen molar-refractivity contribution in [2.75, 3.05) is 19.8 Å². The van der Waals surface area contributed by atoms with E-state index in [1.807, 2.05) is 20.8 Å². The molecule has 0 aliphatic carbocycles. The SMILES string of the molecule is CC(C)(C)P(C)(=O)OCCN. The Morgan fingerprint density at radius 2 is 1.91 bits per heavy atom. The minimum Gasteiger partial charge on any atom is -0.328 e. The van der Waals surface area contributed by atoms with Crippen molar-refractivity contribution in [3.05, 3.63) is 0 Å². The summed E-state index contributed by atoms with van der Waals surface area (Å²) in [5.41, 5.74) is 5.23. The van der Waals surface area contributed by atoms with E-state index in [4.69, 9.17) is 10.3 Å². The summed E-state index contributed by atoms with van der Waals surface area (Å²) >= 11 is 0. The molecule has 0 aromatic rings. The molecule has 68 valence electrons. The summed E-state index contributed by atoms with van der Waals surface area (Å²) in [6.45, 7) is 8.18. The van der Waals surface area contributed by atoms with Gasteiger partial charge >= 0.3 is 0 Å². The Bertz CT molecular complexity index is 162. The van der Waals surface area contributed by atoms with Crippen LogP contribution in [-0.2, 0) is 9.09 Å². The van der Waals surface area contributed by atoms with Gasteiger partial charge in [-0.05, 0) is 0 Å². The summed E-state index contributed by atoms with van der Waals surface area (Å²) in [6.07, 6.45) is 0. The van der Waals surface area contributed by atoms with E-state index >= 15 is 0 Å². The van der Waals surface area contributed by atoms with Crippen LogP contribution in [0.4, 0.5) is 0 Å². The average molecular weight is 179 g/mol. The van der Waals surface area contributed by atoms with Gasteiger partial charge in [0.25, 0.3) is 0 Å². The fraction of sp³-hybridized carbons (Fsp3) is 1.00. The van der Waals surface area contributed by atoms with Crippen LogP contribution in [-0.4, -0.2) is 25.0 Å². The van der Waals surface area contributed by atoms with Gasteiger partial charge in [-0.25, -0.2) is 0 Å². The van der Waals surface area contributed by atoms with E-state index in [-0.39, 0.29) is 5.16 Å². The lowest BCUT2D eigenvalue weighted by Gasteiger charge is -2.27. The van der Waals surface area contributed by atoms with Crippen LogP contribution in [0.5, 0.6) is 0 Å². The Hall–Kier alpha value is 0.150. The zero-order valence-corrected chi connectivity index (χ0v) is 8.65. The third-order valence-electron chi connectivity index (χ3n) is 1.67. The van der Waals surface area contributed by atoms with Crippen molar-refractivity contribution in [3.8, 4) is 0 Å². The van der Waals surface area contributed by atoms with Crippen molar-refractivity contribution in [2.24, 2.45) is 5.73 Å². The molecule has 1 unspecified atom stereocenters. The van der Waals surface area contributed by atoms with Crippen molar-refractivity contribution < 1.29 is 9.09 Å². The van der Waals surface area contributed by atoms with Gasteiger partial charge in [0.15, 0.2) is 0 Å². The molecule has 0 aromatic carbocycles. The van der Waals surface area contributed by atoms with Crippen molar-refractivity contribution >= 4 is 7.37 Å². The maximum atomic E-state index is 11.7. The predicted octanol–water partition coefficient (Wildman–Crippen LogP) is 1.67. The largest absolute Gasteiger partial charge is 0.328 e. The van der Waals surface area contributed by atoms with Gasteiger partial charge in [-0.1, -0.05) is 20.8 Å². The second-order valence-corrected chi connectivity index (χ2v) is 6.93. The van der Waals surface area contributed by atoms with Crippen LogP contribution >= 0.6 is 7.37 Å². The lowest BCUT2D eigenvalue weighted by atomic mass is 10.3. The fourth-order valence-corrected chi connectivity index (χ4v) is 1.26. The molecule has 0 saturated carbocycles. The van der Waals surface area contributed by atoms with E-state index in [9.17, 15) is 4.57 Å². The molecule has 0 radical (unpaired) electrons. The normalized spacial score (nSPS) is 17.9. The molecule has 0 aliphatic rings. The molecule has 0 aromatic heterocycles. The first kappa shape index (κ1) is 11.2. The number of rotatable bonds is 3. The zero-order valence-electron chi connectivity index (χ0n) is 7.76. The monoisotopic (exact) mass is 179 g/mol. The van der Waals surface area contributed by atoms with Crippen LogP contribution in [0.1, 0.15) is 20.8 Å². The average Bonchev–Trinajstić information content (AvgIpc) is 1.81. The van der Waals surface area contributed by atoms with E-state index in [0.717, 1.165) is 0 Å². The highest BCUT2D eigenvalue weighted by Crippen LogP contribution is 2.54. The van der Waals surface area contributed by atoms with Gasteiger partial charge in [-0.3, -0.25) is 4.57 Å². The smallest absolute Gasteiger partial charge is 0.205 e. The molecule has 0 saturated heterocycles. The Kier molecular flexibility index (Phi) is 3.75. The molecular weight excluding hydrogens is 161 g/mol. The highest BCUT2D eigenvalue weighted by atomic mass is 31.2. The number of hydrogen-bond acceptors (Lipinski definition) is 3. The molecule has 4 heteroatoms. The van der Waals surface area contributed by atoms with Crippen LogP contribution in [0.3, 0.4) is 0 Å². The van der Waals surface area contributed by atoms with Crippen molar-refractivity contribution in [2.45, 2.75) is 25.9 Å². The lowest BCUT2D eigenvalue weighted by molar-refractivity contribution is 0.311. The molecule has 0 bridgehead atoms. The zero-order chi connectivity index (χ0) is 9.12. The van der Waals surface area contributed by atoms with Gasteiger partial charge in [0, 0.05) is 18.4 Å². The Balaban J connectivity index is 4.12. The van der Waals surface area contributed by atoms with Crippen molar-refractivity contribution in [1.29, 1.82) is 0 Å². The molecular formula is C7H18NO2P. The van der Waals surface area contributed by atoms with Gasteiger partial charge in [-0.2, -0.15) is 0 Å². The summed E-state index contributed by atoms with van der Waals surface area (Å²) in [6, 6.07) is 0. The van der Waals surface area contributed by atoms with Gasteiger partial charge in [0.05, 0.1) is 6.61 Å². The Morgan fingerprint density at radius 1 is 1.45 bits per heavy atom. The molecule has 11 heavy (non-hydrogen) atoms. The second kappa shape index (κ2) is 3.70. The van der Waals surface area contributed by atoms with Crippen LogP contribution < -0.4 is 5.73 Å². The summed E-state index contributed by atoms with van der Waals surface area (Å²) in [5.74, 6) is 0. The first-order chi connectivity index (χ1) is 4.81. The molecule has 2 N–H and O–H groups in total. The van der Waals surface area contributed by atoms with Crippen LogP contribution in [0.25, 0.3) is 0 Å². The highest BCUT2D eigenvalue weighted by Gasteiger charge is 2.32. The van der Waals surface area contributed by atoms with Crippen LogP contribution in [0.2, 0.25) is 0 Å². The van der Waals surface area contributed by atoms with E-state index < -0.39 is 7.37 Å². The maximum absolute atomic E-state index is 11.7. The van der Waals surface area contributed by atoms with Gasteiger partial charge in [0.2, 0.25) is 7.37 Å². The highest BCUT2D eigenvalue weighted by molar-refractivity contribution is 7.59. The molecule has 0 heterocycles. The molecule has 1 atom stereocenters. The maximum Gasteiger partial charge on any atom is 0.205 e. The topological polar surface area (TPSA) is 52.3 Å². The summed E-state index contributed by atoms with van der Waals surface area (Å²) in [5, 5.41) is -0.276. The van der Waals surface area contributed by atoms with E-state index in [2.05, 4.69) is 0 Å². The van der Waals surface area contributed by atoms with Crippen LogP contribution in [0.15, 0.2) is 0 Å². The molecule has 0 spiro atoms. The van der Waals surface area contributed by atoms with Gasteiger partial charge < -0.3 is 10.3 Å². The summed E-state index contributed by atoms with van der Waals surface area (Å²) in [7, 11) is -2.47. The lowest BCUT2D eigenvalue weighted by Crippen LogP contribution is -2.18. The molecule has 0 aliphatic heterocycles. The predicted molar refractivity (Wildman–Crippen MR) is 48.3 cm³/mol. The first-order valence-corrected chi connectivity index (χ1v) is 5.80. The standard InChI is InChI=1S/C7H18NO2P/c1-7(2,3)11(4,9)10-6-5-8/h5-6,8H2,1-4H3. The summed E-state index contributed by atoms with van der Waals surface area (Å²) in [4.78, 5) is 0. The van der Waals surface area contributed by atoms with E-state index in [1.54, 1.807) is 6.66 Å². The Morgan fingerprint density at radius 3 is 2.18 bits per heavy atom. The second-order valence-electron chi connectivity index (χ2n) is 3.64. The third kappa shape index (κ3) is 3.37. The number of nitrogens with two attached hydrogens (primary N) is 1. The molecule has 0 rings (SSSR count). The van der Waals surface area contributed by atoms with Crippen molar-refractivity contribution in [1.82, 2.24) is 0 Å². The minimum atomic E-state index is -2.47. The van der Waals surface area contributed by atoms with E-state index in [0.29, 0.717) is 13.2 Å². The molecule has 0 fully saturated rings. The van der Waals surface area contributed by atoms with Crippen LogP contribution in [0, 0.1) is 0 Å². The van der Waals surface area contributed by atoms with Gasteiger partial charge in [-0.15, -0.1) is 0 Å². The molecule has 3 nitrogen and oxygen atoms in total. The number of hydrogen-bond donors (Lipinski definition) is 1. The third-order valence-corrected chi connectivity index (χ3v) is 4.79. The fourth-order valence-electron chi connectivity index (χ4n) is 0.421. The molecule has 0 amide bonds. The minimum absolute atomic E-state index is 0.276. The quantitative estimate of drug-likeness (QED) is 0.670. The first-order valence-electron chi connectivity index (χ1n) is 3.73. The Labute approximate surface area is 68.8 Å².